The number of amides is 1. The van der Waals surface area contributed by atoms with Crippen molar-refractivity contribution >= 4 is 6.09 Å². The summed E-state index contributed by atoms with van der Waals surface area (Å²) in [4.78, 5) is 11.8. The van der Waals surface area contributed by atoms with Crippen LogP contribution < -0.4 is 0 Å². The van der Waals surface area contributed by atoms with Gasteiger partial charge in [-0.3, -0.25) is 5.21 Å². The van der Waals surface area contributed by atoms with Crippen molar-refractivity contribution in [3.05, 3.63) is 0 Å². The Morgan fingerprint density at radius 1 is 1.35 bits per heavy atom. The van der Waals surface area contributed by atoms with Gasteiger partial charge in [0, 0.05) is 7.11 Å². The smallest absolute Gasteiger partial charge is 0.434 e. The second kappa shape index (κ2) is 6.76. The molecule has 0 unspecified atom stereocenters. The first kappa shape index (κ1) is 17.2. The number of methoxy groups -OCH3 is 1. The molecule has 1 fully saturated rings. The number of ether oxygens (including phenoxy) is 2. The first-order valence-corrected chi connectivity index (χ1v) is 7.45. The summed E-state index contributed by atoms with van der Waals surface area (Å²) in [6, 6.07) is -0.280. The third kappa shape index (κ3) is 4.94. The Morgan fingerprint density at radius 2 is 1.90 bits per heavy atom. The fourth-order valence-electron chi connectivity index (χ4n) is 2.66. The Kier molecular flexibility index (Phi) is 5.83. The number of hydrogen-bond acceptors (Lipinski definition) is 4. The molecule has 1 aliphatic rings. The molecule has 0 heterocycles. The molecule has 0 radical (unpaired) electrons. The summed E-state index contributed by atoms with van der Waals surface area (Å²) < 4.78 is 10.8. The lowest BCUT2D eigenvalue weighted by Crippen LogP contribution is -2.41. The standard InChI is InChI=1S/C15H29NO4/c1-12(16(18)13(17)20-14(2,3)4)8-11-15(19-5)9-6-7-10-15/h12,18H,6-11H2,1-5H3/t12-/m0/s1. The Hall–Kier alpha value is -0.810. The van der Waals surface area contributed by atoms with Gasteiger partial charge in [0.15, 0.2) is 0 Å². The van der Waals surface area contributed by atoms with E-state index in [0.29, 0.717) is 11.5 Å². The van der Waals surface area contributed by atoms with Crippen LogP contribution in [0.4, 0.5) is 4.79 Å². The molecule has 0 spiro atoms. The molecule has 5 heteroatoms. The van der Waals surface area contributed by atoms with E-state index in [1.54, 1.807) is 27.9 Å². The van der Waals surface area contributed by atoms with E-state index < -0.39 is 11.7 Å². The van der Waals surface area contributed by atoms with Crippen LogP contribution in [0.5, 0.6) is 0 Å². The minimum Gasteiger partial charge on any atom is -0.442 e. The highest BCUT2D eigenvalue weighted by atomic mass is 16.6. The highest BCUT2D eigenvalue weighted by Gasteiger charge is 2.35. The fourth-order valence-corrected chi connectivity index (χ4v) is 2.66. The fraction of sp³-hybridized carbons (Fsp3) is 0.933. The van der Waals surface area contributed by atoms with Crippen LogP contribution in [0.15, 0.2) is 0 Å². The van der Waals surface area contributed by atoms with Crippen molar-refractivity contribution in [2.24, 2.45) is 0 Å². The Morgan fingerprint density at radius 3 is 2.35 bits per heavy atom. The second-order valence-corrected chi connectivity index (χ2v) is 6.81. The molecular formula is C15H29NO4. The van der Waals surface area contributed by atoms with Crippen molar-refractivity contribution in [1.82, 2.24) is 5.06 Å². The molecule has 118 valence electrons. The zero-order valence-electron chi connectivity index (χ0n) is 13.4. The summed E-state index contributed by atoms with van der Waals surface area (Å²) in [5.41, 5.74) is -0.667. The normalized spacial score (nSPS) is 19.7. The highest BCUT2D eigenvalue weighted by Crippen LogP contribution is 2.37. The second-order valence-electron chi connectivity index (χ2n) is 6.81. The van der Waals surface area contributed by atoms with Gasteiger partial charge in [0.25, 0.3) is 0 Å². The average molecular weight is 287 g/mol. The molecule has 0 saturated heterocycles. The van der Waals surface area contributed by atoms with Gasteiger partial charge in [0.2, 0.25) is 0 Å². The monoisotopic (exact) mass is 287 g/mol. The lowest BCUT2D eigenvalue weighted by molar-refractivity contribution is -0.122. The van der Waals surface area contributed by atoms with Gasteiger partial charge in [-0.2, -0.15) is 5.06 Å². The van der Waals surface area contributed by atoms with Gasteiger partial charge in [0.05, 0.1) is 11.6 Å². The van der Waals surface area contributed by atoms with Crippen molar-refractivity contribution in [1.29, 1.82) is 0 Å². The Balaban J connectivity index is 2.45. The van der Waals surface area contributed by atoms with Crippen LogP contribution in [0.2, 0.25) is 0 Å². The van der Waals surface area contributed by atoms with Crippen molar-refractivity contribution < 1.29 is 19.5 Å². The van der Waals surface area contributed by atoms with E-state index >= 15 is 0 Å². The molecule has 0 bridgehead atoms. The molecule has 0 aromatic carbocycles. The van der Waals surface area contributed by atoms with Crippen molar-refractivity contribution in [2.75, 3.05) is 7.11 Å². The first-order chi connectivity index (χ1) is 9.19. The molecule has 1 amide bonds. The minimum atomic E-state index is -0.692. The average Bonchev–Trinajstić information content (AvgIpc) is 2.82. The topological polar surface area (TPSA) is 59.0 Å². The van der Waals surface area contributed by atoms with Gasteiger partial charge in [0.1, 0.15) is 5.60 Å². The number of hydrogen-bond donors (Lipinski definition) is 1. The number of carbonyl (C=O) groups excluding carboxylic acids is 1. The first-order valence-electron chi connectivity index (χ1n) is 7.45. The molecule has 1 rings (SSSR count). The van der Waals surface area contributed by atoms with E-state index in [-0.39, 0.29) is 11.6 Å². The SMILES string of the molecule is COC1(CC[C@H](C)N(O)C(=O)OC(C)(C)C)CCCC1. The van der Waals surface area contributed by atoms with Crippen LogP contribution in [0, 0.1) is 0 Å². The van der Waals surface area contributed by atoms with E-state index in [4.69, 9.17) is 9.47 Å². The molecule has 1 atom stereocenters. The summed E-state index contributed by atoms with van der Waals surface area (Å²) in [6.07, 6.45) is 5.37. The van der Waals surface area contributed by atoms with E-state index in [1.807, 2.05) is 6.92 Å². The molecule has 1 aliphatic carbocycles. The third-order valence-electron chi connectivity index (χ3n) is 3.96. The van der Waals surface area contributed by atoms with Crippen LogP contribution >= 0.6 is 0 Å². The molecule has 20 heavy (non-hydrogen) atoms. The van der Waals surface area contributed by atoms with Crippen LogP contribution in [-0.2, 0) is 9.47 Å². The van der Waals surface area contributed by atoms with Crippen LogP contribution in [0.1, 0.15) is 66.2 Å². The van der Waals surface area contributed by atoms with Crippen molar-refractivity contribution in [3.63, 3.8) is 0 Å². The lowest BCUT2D eigenvalue weighted by Gasteiger charge is -2.31. The van der Waals surface area contributed by atoms with Gasteiger partial charge >= 0.3 is 6.09 Å². The quantitative estimate of drug-likeness (QED) is 0.618. The summed E-state index contributed by atoms with van der Waals surface area (Å²) in [5.74, 6) is 0. The highest BCUT2D eigenvalue weighted by molar-refractivity contribution is 5.66. The van der Waals surface area contributed by atoms with E-state index in [1.165, 1.54) is 12.8 Å². The van der Waals surface area contributed by atoms with Crippen molar-refractivity contribution in [3.8, 4) is 0 Å². The minimum absolute atomic E-state index is 0.0664. The predicted octanol–water partition coefficient (Wildman–Crippen LogP) is 3.74. The number of nitrogens with zero attached hydrogens (tertiary/aromatic N) is 1. The van der Waals surface area contributed by atoms with Gasteiger partial charge < -0.3 is 9.47 Å². The molecule has 0 aromatic rings. The third-order valence-corrected chi connectivity index (χ3v) is 3.96. The molecule has 1 N–H and O–H groups in total. The van der Waals surface area contributed by atoms with Crippen LogP contribution in [-0.4, -0.2) is 40.7 Å². The largest absolute Gasteiger partial charge is 0.442 e. The van der Waals surface area contributed by atoms with Gasteiger partial charge in [-0.15, -0.1) is 0 Å². The van der Waals surface area contributed by atoms with E-state index in [0.717, 1.165) is 19.3 Å². The number of hydroxylamine groups is 2. The summed E-state index contributed by atoms with van der Waals surface area (Å²) in [6.45, 7) is 7.16. The number of carbonyl (C=O) groups is 1. The number of rotatable bonds is 5. The Labute approximate surface area is 122 Å². The van der Waals surface area contributed by atoms with Gasteiger partial charge in [-0.05, 0) is 53.4 Å². The summed E-state index contributed by atoms with van der Waals surface area (Å²) in [7, 11) is 1.75. The van der Waals surface area contributed by atoms with Crippen LogP contribution in [0.3, 0.4) is 0 Å². The molecule has 5 nitrogen and oxygen atoms in total. The van der Waals surface area contributed by atoms with E-state index in [2.05, 4.69) is 0 Å². The van der Waals surface area contributed by atoms with E-state index in [9.17, 15) is 10.0 Å². The molecule has 1 saturated carbocycles. The maximum atomic E-state index is 11.8. The van der Waals surface area contributed by atoms with Gasteiger partial charge in [-0.1, -0.05) is 12.8 Å². The zero-order valence-corrected chi connectivity index (χ0v) is 13.4. The maximum Gasteiger partial charge on any atom is 0.434 e. The molecular weight excluding hydrogens is 258 g/mol. The maximum absolute atomic E-state index is 11.8. The van der Waals surface area contributed by atoms with Crippen molar-refractivity contribution in [2.45, 2.75) is 83.5 Å². The lowest BCUT2D eigenvalue weighted by atomic mass is 9.93. The van der Waals surface area contributed by atoms with Gasteiger partial charge in [-0.25, -0.2) is 4.79 Å². The Bertz CT molecular complexity index is 318. The zero-order chi connectivity index (χ0) is 15.4. The molecule has 0 aliphatic heterocycles. The van der Waals surface area contributed by atoms with Crippen LogP contribution in [0.25, 0.3) is 0 Å². The predicted molar refractivity (Wildman–Crippen MR) is 76.8 cm³/mol. The molecule has 0 aromatic heterocycles. The summed E-state index contributed by atoms with van der Waals surface area (Å²) >= 11 is 0. The summed E-state index contributed by atoms with van der Waals surface area (Å²) in [5, 5.41) is 10.6.